The molecule has 6 heteroatoms. The van der Waals surface area contributed by atoms with E-state index in [0.717, 1.165) is 16.3 Å². The first-order chi connectivity index (χ1) is 15.1. The molecule has 1 N–H and O–H groups in total. The van der Waals surface area contributed by atoms with Crippen LogP contribution in [0.3, 0.4) is 0 Å². The van der Waals surface area contributed by atoms with Gasteiger partial charge in [0.25, 0.3) is 0 Å². The molecule has 3 aromatic rings. The number of carbonyl (C=O) groups is 1. The fourth-order valence-electron chi connectivity index (χ4n) is 3.89. The van der Waals surface area contributed by atoms with Crippen molar-refractivity contribution in [3.63, 3.8) is 0 Å². The van der Waals surface area contributed by atoms with Crippen molar-refractivity contribution in [2.24, 2.45) is 5.41 Å². The molecule has 3 rings (SSSR count). The number of methoxy groups -OCH3 is 2. The molecule has 0 aliphatic heterocycles. The van der Waals surface area contributed by atoms with Crippen LogP contribution in [0, 0.1) is 16.7 Å². The largest absolute Gasteiger partial charge is 0.496 e. The molecule has 0 saturated carbocycles. The molecule has 2 atom stereocenters. The highest BCUT2D eigenvalue weighted by Crippen LogP contribution is 2.47. The number of nitrogens with zero attached hydrogens (tertiary/aromatic N) is 1. The quantitative estimate of drug-likeness (QED) is 0.495. The van der Waals surface area contributed by atoms with E-state index >= 15 is 0 Å². The van der Waals surface area contributed by atoms with E-state index in [2.05, 4.69) is 6.07 Å². The summed E-state index contributed by atoms with van der Waals surface area (Å²) < 4.78 is 16.2. The summed E-state index contributed by atoms with van der Waals surface area (Å²) in [6.45, 7) is 0.185. The summed E-state index contributed by atoms with van der Waals surface area (Å²) in [4.78, 5) is 12.7. The first kappa shape index (κ1) is 22.3. The van der Waals surface area contributed by atoms with Gasteiger partial charge >= 0.3 is 5.97 Å². The highest BCUT2D eigenvalue weighted by atomic mass is 16.5. The van der Waals surface area contributed by atoms with E-state index in [1.165, 1.54) is 14.2 Å². The Labute approximate surface area is 181 Å². The minimum atomic E-state index is -1.88. The predicted molar refractivity (Wildman–Crippen MR) is 117 cm³/mol. The van der Waals surface area contributed by atoms with Gasteiger partial charge in [-0.25, -0.2) is 0 Å². The second-order valence-corrected chi connectivity index (χ2v) is 7.18. The summed E-state index contributed by atoms with van der Waals surface area (Å²) in [6, 6.07) is 22.7. The van der Waals surface area contributed by atoms with E-state index in [4.69, 9.17) is 14.2 Å². The molecule has 0 radical (unpaired) electrons. The number of hydrogen-bond acceptors (Lipinski definition) is 5. The van der Waals surface area contributed by atoms with E-state index in [1.54, 1.807) is 12.1 Å². The summed E-state index contributed by atoms with van der Waals surface area (Å²) >= 11 is 0. The number of hydrogen-bond donors (Lipinski definition) is 1. The van der Waals surface area contributed by atoms with Crippen molar-refractivity contribution >= 4 is 16.7 Å². The van der Waals surface area contributed by atoms with Crippen LogP contribution in [0.4, 0.5) is 0 Å². The smallest absolute Gasteiger partial charge is 0.327 e. The minimum Gasteiger partial charge on any atom is -0.496 e. The van der Waals surface area contributed by atoms with Gasteiger partial charge in [0.05, 0.1) is 33.0 Å². The molecule has 0 aliphatic carbocycles. The van der Waals surface area contributed by atoms with Gasteiger partial charge in [-0.1, -0.05) is 60.7 Å². The molecule has 0 amide bonds. The summed E-state index contributed by atoms with van der Waals surface area (Å²) in [6.07, 6.45) is 0. The summed E-state index contributed by atoms with van der Waals surface area (Å²) in [5.74, 6) is -1.57. The van der Waals surface area contributed by atoms with Crippen LogP contribution in [0.1, 0.15) is 17.0 Å². The number of fused-ring (bicyclic) bond motifs is 1. The minimum absolute atomic E-state index is 0.182. The highest BCUT2D eigenvalue weighted by molar-refractivity contribution is 5.89. The summed E-state index contributed by atoms with van der Waals surface area (Å²) in [7, 11) is 3.06. The van der Waals surface area contributed by atoms with Crippen molar-refractivity contribution in [3.8, 4) is 11.8 Å². The Morgan fingerprint density at radius 2 is 1.68 bits per heavy atom. The van der Waals surface area contributed by atoms with Crippen LogP contribution >= 0.6 is 0 Å². The maximum Gasteiger partial charge on any atom is 0.327 e. The average Bonchev–Trinajstić information content (AvgIpc) is 2.81. The van der Waals surface area contributed by atoms with Crippen molar-refractivity contribution in [2.45, 2.75) is 5.92 Å². The lowest BCUT2D eigenvalue weighted by molar-refractivity contribution is -0.149. The van der Waals surface area contributed by atoms with Crippen LogP contribution in [0.5, 0.6) is 5.75 Å². The Morgan fingerprint density at radius 3 is 2.39 bits per heavy atom. The number of carboxylic acid groups (broad SMARTS) is 1. The van der Waals surface area contributed by atoms with E-state index in [0.29, 0.717) is 17.9 Å². The lowest BCUT2D eigenvalue weighted by Crippen LogP contribution is -2.41. The number of para-hydroxylation sites is 1. The fourth-order valence-corrected chi connectivity index (χ4v) is 3.89. The normalized spacial score (nSPS) is 13.8. The third kappa shape index (κ3) is 4.38. The standard InChI is InChI=1S/C25H25NO5/c1-29-14-15-31-17-25(16-26,24(27)28)23(21-11-5-6-13-22(21)30-2)20-12-7-9-18-8-3-4-10-19(18)20/h3-13,23H,14-15,17H2,1-2H3,(H,27,28). The van der Waals surface area contributed by atoms with Gasteiger partial charge in [0.2, 0.25) is 0 Å². The maximum absolute atomic E-state index is 12.7. The Hall–Kier alpha value is -3.40. The molecule has 0 heterocycles. The van der Waals surface area contributed by atoms with Gasteiger partial charge in [0, 0.05) is 18.6 Å². The maximum atomic E-state index is 12.7. The Morgan fingerprint density at radius 1 is 1.00 bits per heavy atom. The van der Waals surface area contributed by atoms with Gasteiger partial charge in [-0.15, -0.1) is 0 Å². The lowest BCUT2D eigenvalue weighted by Gasteiger charge is -2.33. The van der Waals surface area contributed by atoms with Crippen molar-refractivity contribution in [1.29, 1.82) is 5.26 Å². The molecule has 2 unspecified atom stereocenters. The Bertz CT molecular complexity index is 1090. The Balaban J connectivity index is 2.28. The van der Waals surface area contributed by atoms with Crippen LogP contribution in [-0.4, -0.2) is 45.1 Å². The van der Waals surface area contributed by atoms with Gasteiger partial charge in [-0.05, 0) is 22.4 Å². The average molecular weight is 419 g/mol. The number of carboxylic acids is 1. The van der Waals surface area contributed by atoms with E-state index in [9.17, 15) is 15.2 Å². The van der Waals surface area contributed by atoms with Crippen LogP contribution in [0.2, 0.25) is 0 Å². The molecule has 160 valence electrons. The van der Waals surface area contributed by atoms with E-state index in [1.807, 2.05) is 54.6 Å². The topological polar surface area (TPSA) is 88.8 Å². The van der Waals surface area contributed by atoms with Crippen LogP contribution in [0.25, 0.3) is 10.8 Å². The van der Waals surface area contributed by atoms with E-state index < -0.39 is 17.3 Å². The number of nitriles is 1. The third-order valence-electron chi connectivity index (χ3n) is 5.42. The van der Waals surface area contributed by atoms with E-state index in [-0.39, 0.29) is 13.2 Å². The van der Waals surface area contributed by atoms with Gasteiger partial charge in [-0.2, -0.15) is 5.26 Å². The van der Waals surface area contributed by atoms with Crippen molar-refractivity contribution in [2.75, 3.05) is 34.0 Å². The molecule has 0 aromatic heterocycles. The number of rotatable bonds is 10. The molecule has 0 saturated heterocycles. The fraction of sp³-hybridized carbons (Fsp3) is 0.280. The van der Waals surface area contributed by atoms with Gasteiger partial charge in [0.1, 0.15) is 5.75 Å². The van der Waals surface area contributed by atoms with Gasteiger partial charge in [-0.3, -0.25) is 4.79 Å². The predicted octanol–water partition coefficient (Wildman–Crippen LogP) is 4.24. The van der Waals surface area contributed by atoms with Crippen LogP contribution in [-0.2, 0) is 14.3 Å². The molecule has 0 fully saturated rings. The van der Waals surface area contributed by atoms with Gasteiger partial charge in [0.15, 0.2) is 5.41 Å². The molecular formula is C25H25NO5. The number of ether oxygens (including phenoxy) is 3. The summed E-state index contributed by atoms with van der Waals surface area (Å²) in [5.41, 5.74) is -0.547. The first-order valence-electron chi connectivity index (χ1n) is 9.91. The number of aliphatic carboxylic acids is 1. The highest BCUT2D eigenvalue weighted by Gasteiger charge is 2.50. The second-order valence-electron chi connectivity index (χ2n) is 7.18. The molecule has 0 spiro atoms. The lowest BCUT2D eigenvalue weighted by atomic mass is 9.68. The van der Waals surface area contributed by atoms with Gasteiger partial charge < -0.3 is 19.3 Å². The zero-order chi connectivity index (χ0) is 22.3. The molecule has 6 nitrogen and oxygen atoms in total. The van der Waals surface area contributed by atoms with Crippen molar-refractivity contribution in [1.82, 2.24) is 0 Å². The third-order valence-corrected chi connectivity index (χ3v) is 5.42. The van der Waals surface area contributed by atoms with Crippen molar-refractivity contribution in [3.05, 3.63) is 77.9 Å². The first-order valence-corrected chi connectivity index (χ1v) is 9.91. The molecule has 0 aliphatic rings. The van der Waals surface area contributed by atoms with Crippen LogP contribution < -0.4 is 4.74 Å². The SMILES string of the molecule is COCCOCC(C#N)(C(=O)O)C(c1ccccc1OC)c1cccc2ccccc12. The number of benzene rings is 3. The molecule has 3 aromatic carbocycles. The van der Waals surface area contributed by atoms with Crippen LogP contribution in [0.15, 0.2) is 66.7 Å². The van der Waals surface area contributed by atoms with Crippen molar-refractivity contribution < 1.29 is 24.1 Å². The molecule has 31 heavy (non-hydrogen) atoms. The monoisotopic (exact) mass is 419 g/mol. The molecule has 0 bridgehead atoms. The zero-order valence-corrected chi connectivity index (χ0v) is 17.6. The second kappa shape index (κ2) is 10.1. The molecular weight excluding hydrogens is 394 g/mol. The Kier molecular flexibility index (Phi) is 7.24. The summed E-state index contributed by atoms with van der Waals surface area (Å²) in [5, 5.41) is 22.4. The zero-order valence-electron chi connectivity index (χ0n) is 17.6.